The van der Waals surface area contributed by atoms with Gasteiger partial charge in [-0.15, -0.1) is 0 Å². The molecule has 0 aliphatic carbocycles. The smallest absolute Gasteiger partial charge is 0.180 e. The number of anilines is 1. The molecule has 4 nitrogen and oxygen atoms in total. The number of hydrogen-bond donors (Lipinski definition) is 1. The Morgan fingerprint density at radius 3 is 2.76 bits per heavy atom. The normalized spacial score (nSPS) is 10.9. The number of thiophene rings is 1. The minimum absolute atomic E-state index is 0.761. The van der Waals surface area contributed by atoms with Crippen molar-refractivity contribution in [3.05, 3.63) is 29.0 Å². The Hall–Kier alpha value is -1.88. The van der Waals surface area contributed by atoms with E-state index in [1.54, 1.807) is 11.3 Å². The van der Waals surface area contributed by atoms with E-state index in [2.05, 4.69) is 26.4 Å². The highest BCUT2D eigenvalue weighted by atomic mass is 32.1. The molecule has 0 fully saturated rings. The molecule has 86 valence electrons. The lowest BCUT2D eigenvalue weighted by atomic mass is 10.3. The summed E-state index contributed by atoms with van der Waals surface area (Å²) in [5.74, 6) is 1.80. The average Bonchev–Trinajstić information content (AvgIpc) is 2.96. The van der Waals surface area contributed by atoms with E-state index in [0.717, 1.165) is 28.4 Å². The molecule has 0 atom stereocenters. The molecule has 0 unspecified atom stereocenters. The van der Waals surface area contributed by atoms with E-state index in [4.69, 9.17) is 0 Å². The molecule has 3 aromatic rings. The van der Waals surface area contributed by atoms with Gasteiger partial charge in [-0.25, -0.2) is 9.97 Å². The monoisotopic (exact) mass is 244 g/mol. The molecule has 17 heavy (non-hydrogen) atoms. The van der Waals surface area contributed by atoms with Crippen molar-refractivity contribution < 1.29 is 0 Å². The maximum absolute atomic E-state index is 4.51. The predicted octanol–water partition coefficient (Wildman–Crippen LogP) is 2.75. The third-order valence-electron chi connectivity index (χ3n) is 2.58. The summed E-state index contributed by atoms with van der Waals surface area (Å²) >= 11 is 1.66. The summed E-state index contributed by atoms with van der Waals surface area (Å²) in [6.07, 6.45) is 0. The SMILES string of the molecule is CN(C)c1ccc2[nH]c(-c3ccsc3)nc2n1. The van der Waals surface area contributed by atoms with E-state index < -0.39 is 0 Å². The van der Waals surface area contributed by atoms with Gasteiger partial charge in [0, 0.05) is 25.0 Å². The zero-order valence-electron chi connectivity index (χ0n) is 9.64. The van der Waals surface area contributed by atoms with Crippen LogP contribution in [-0.2, 0) is 0 Å². The van der Waals surface area contributed by atoms with Crippen LogP contribution in [0.2, 0.25) is 0 Å². The highest BCUT2D eigenvalue weighted by Gasteiger charge is 2.07. The van der Waals surface area contributed by atoms with Crippen LogP contribution < -0.4 is 4.90 Å². The maximum atomic E-state index is 4.51. The largest absolute Gasteiger partial charge is 0.363 e. The van der Waals surface area contributed by atoms with Crippen LogP contribution in [0.15, 0.2) is 29.0 Å². The first-order valence-corrected chi connectivity index (χ1v) is 6.25. The Kier molecular flexibility index (Phi) is 2.33. The number of aromatic nitrogens is 3. The van der Waals surface area contributed by atoms with Crippen molar-refractivity contribution in [1.29, 1.82) is 0 Å². The Bertz CT molecular complexity index is 640. The number of fused-ring (bicyclic) bond motifs is 1. The summed E-state index contributed by atoms with van der Waals surface area (Å²) in [6, 6.07) is 6.05. The predicted molar refractivity (Wildman–Crippen MR) is 71.5 cm³/mol. The number of hydrogen-bond acceptors (Lipinski definition) is 4. The molecule has 0 aliphatic heterocycles. The van der Waals surface area contributed by atoms with Crippen LogP contribution in [0.4, 0.5) is 5.82 Å². The van der Waals surface area contributed by atoms with Crippen LogP contribution in [0.25, 0.3) is 22.6 Å². The molecule has 3 heterocycles. The van der Waals surface area contributed by atoms with Crippen molar-refractivity contribution in [3.63, 3.8) is 0 Å². The van der Waals surface area contributed by atoms with Crippen molar-refractivity contribution in [2.75, 3.05) is 19.0 Å². The van der Waals surface area contributed by atoms with Crippen LogP contribution in [0.1, 0.15) is 0 Å². The maximum Gasteiger partial charge on any atom is 0.180 e. The molecule has 0 aromatic carbocycles. The molecule has 0 spiro atoms. The molecule has 3 rings (SSSR count). The summed E-state index contributed by atoms with van der Waals surface area (Å²) in [6.45, 7) is 0. The zero-order valence-corrected chi connectivity index (χ0v) is 10.5. The molecule has 0 saturated carbocycles. The Morgan fingerprint density at radius 1 is 1.18 bits per heavy atom. The van der Waals surface area contributed by atoms with Gasteiger partial charge in [0.05, 0.1) is 5.52 Å². The number of pyridine rings is 1. The minimum Gasteiger partial charge on any atom is -0.363 e. The van der Waals surface area contributed by atoms with Crippen LogP contribution in [0, 0.1) is 0 Å². The molecular weight excluding hydrogens is 232 g/mol. The van der Waals surface area contributed by atoms with Crippen molar-refractivity contribution in [1.82, 2.24) is 15.0 Å². The van der Waals surface area contributed by atoms with Gasteiger partial charge in [0.1, 0.15) is 11.6 Å². The second kappa shape index (κ2) is 3.85. The fourth-order valence-corrected chi connectivity index (χ4v) is 2.31. The lowest BCUT2D eigenvalue weighted by Gasteiger charge is -2.09. The fourth-order valence-electron chi connectivity index (χ4n) is 1.67. The van der Waals surface area contributed by atoms with Gasteiger partial charge >= 0.3 is 0 Å². The summed E-state index contributed by atoms with van der Waals surface area (Å²) in [7, 11) is 3.95. The highest BCUT2D eigenvalue weighted by Crippen LogP contribution is 2.22. The first-order valence-electron chi connectivity index (χ1n) is 5.31. The van der Waals surface area contributed by atoms with Gasteiger partial charge in [0.15, 0.2) is 5.65 Å². The van der Waals surface area contributed by atoms with Crippen LogP contribution in [0.3, 0.4) is 0 Å². The average molecular weight is 244 g/mol. The Morgan fingerprint density at radius 2 is 2.06 bits per heavy atom. The second-order valence-electron chi connectivity index (χ2n) is 4.03. The molecule has 0 radical (unpaired) electrons. The Balaban J connectivity index is 2.13. The van der Waals surface area contributed by atoms with Gasteiger partial charge in [-0.3, -0.25) is 0 Å². The van der Waals surface area contributed by atoms with E-state index in [1.165, 1.54) is 0 Å². The van der Waals surface area contributed by atoms with E-state index in [0.29, 0.717) is 0 Å². The van der Waals surface area contributed by atoms with Gasteiger partial charge in [-0.05, 0) is 23.6 Å². The molecule has 0 bridgehead atoms. The number of H-pyrrole nitrogens is 1. The molecule has 3 aromatic heterocycles. The lowest BCUT2D eigenvalue weighted by molar-refractivity contribution is 1.08. The third kappa shape index (κ3) is 1.78. The highest BCUT2D eigenvalue weighted by molar-refractivity contribution is 7.08. The van der Waals surface area contributed by atoms with E-state index >= 15 is 0 Å². The summed E-state index contributed by atoms with van der Waals surface area (Å²) < 4.78 is 0. The first kappa shape index (κ1) is 10.3. The lowest BCUT2D eigenvalue weighted by Crippen LogP contribution is -2.10. The van der Waals surface area contributed by atoms with Gasteiger partial charge < -0.3 is 9.88 Å². The van der Waals surface area contributed by atoms with E-state index in [9.17, 15) is 0 Å². The van der Waals surface area contributed by atoms with Gasteiger partial charge in [0.25, 0.3) is 0 Å². The van der Waals surface area contributed by atoms with Crippen molar-refractivity contribution in [3.8, 4) is 11.4 Å². The van der Waals surface area contributed by atoms with E-state index in [-0.39, 0.29) is 0 Å². The molecule has 0 saturated heterocycles. The number of aromatic amines is 1. The molecule has 0 amide bonds. The number of nitrogens with zero attached hydrogens (tertiary/aromatic N) is 3. The number of nitrogens with one attached hydrogen (secondary N) is 1. The quantitative estimate of drug-likeness (QED) is 0.754. The third-order valence-corrected chi connectivity index (χ3v) is 3.27. The van der Waals surface area contributed by atoms with Crippen molar-refractivity contribution in [2.45, 2.75) is 0 Å². The van der Waals surface area contributed by atoms with Crippen LogP contribution >= 0.6 is 11.3 Å². The minimum atomic E-state index is 0.761. The Labute approximate surface area is 103 Å². The fraction of sp³-hybridized carbons (Fsp3) is 0.167. The van der Waals surface area contributed by atoms with Gasteiger partial charge in [-0.1, -0.05) is 0 Å². The molecule has 1 N–H and O–H groups in total. The van der Waals surface area contributed by atoms with Crippen molar-refractivity contribution >= 4 is 28.3 Å². The zero-order chi connectivity index (χ0) is 11.8. The van der Waals surface area contributed by atoms with Crippen LogP contribution in [0.5, 0.6) is 0 Å². The van der Waals surface area contributed by atoms with Gasteiger partial charge in [-0.2, -0.15) is 11.3 Å². The molecular formula is C12H12N4S. The molecule has 0 aliphatic rings. The second-order valence-corrected chi connectivity index (χ2v) is 4.81. The summed E-state index contributed by atoms with van der Waals surface area (Å²) in [5.41, 5.74) is 2.84. The molecule has 5 heteroatoms. The van der Waals surface area contributed by atoms with E-state index in [1.807, 2.05) is 36.5 Å². The van der Waals surface area contributed by atoms with Crippen LogP contribution in [-0.4, -0.2) is 29.0 Å². The first-order chi connectivity index (χ1) is 8.24. The topological polar surface area (TPSA) is 44.8 Å². The summed E-state index contributed by atoms with van der Waals surface area (Å²) in [4.78, 5) is 14.3. The standard InChI is InChI=1S/C12H12N4S/c1-16(2)10-4-3-9-12(14-10)15-11(13-9)8-5-6-17-7-8/h3-7H,1-2H3,(H,13,14,15). The number of imidazole rings is 1. The van der Waals surface area contributed by atoms with Gasteiger partial charge in [0.2, 0.25) is 0 Å². The summed E-state index contributed by atoms with van der Waals surface area (Å²) in [5, 5.41) is 4.12. The number of rotatable bonds is 2. The van der Waals surface area contributed by atoms with Crippen molar-refractivity contribution in [2.24, 2.45) is 0 Å².